The lowest BCUT2D eigenvalue weighted by molar-refractivity contribution is -0.208. The van der Waals surface area contributed by atoms with Crippen LogP contribution in [0.4, 0.5) is 8.78 Å². The Morgan fingerprint density at radius 1 is 0.815 bits per heavy atom. The maximum atomic E-state index is 12.7. The fraction of sp³-hybridized carbons (Fsp3) is 0.217. The SMILES string of the molecule is CCC(C)(OC(F)F)c1ccc(-c2cccc(Oc3ccccc3)c2)cc1. The molecular formula is C23H22F2O2. The summed E-state index contributed by atoms with van der Waals surface area (Å²) < 4.78 is 36.2. The van der Waals surface area contributed by atoms with Gasteiger partial charge in [0.05, 0.1) is 5.60 Å². The lowest BCUT2D eigenvalue weighted by Crippen LogP contribution is -2.27. The van der Waals surface area contributed by atoms with E-state index in [0.717, 1.165) is 28.2 Å². The molecule has 140 valence electrons. The summed E-state index contributed by atoms with van der Waals surface area (Å²) >= 11 is 0. The first-order valence-corrected chi connectivity index (χ1v) is 8.90. The molecule has 3 rings (SSSR count). The fourth-order valence-electron chi connectivity index (χ4n) is 2.93. The van der Waals surface area contributed by atoms with Crippen molar-refractivity contribution in [3.8, 4) is 22.6 Å². The van der Waals surface area contributed by atoms with Gasteiger partial charge >= 0.3 is 6.61 Å². The van der Waals surface area contributed by atoms with E-state index in [1.54, 1.807) is 6.92 Å². The fourth-order valence-corrected chi connectivity index (χ4v) is 2.93. The highest BCUT2D eigenvalue weighted by Crippen LogP contribution is 2.33. The van der Waals surface area contributed by atoms with Gasteiger partial charge in [-0.2, -0.15) is 8.78 Å². The summed E-state index contributed by atoms with van der Waals surface area (Å²) in [5.41, 5.74) is 1.69. The van der Waals surface area contributed by atoms with Crippen LogP contribution in [0.1, 0.15) is 25.8 Å². The molecule has 0 bridgehead atoms. The highest BCUT2D eigenvalue weighted by atomic mass is 19.3. The molecule has 3 aromatic rings. The van der Waals surface area contributed by atoms with Gasteiger partial charge in [0.1, 0.15) is 11.5 Å². The predicted octanol–water partition coefficient (Wildman–Crippen LogP) is 7.01. The van der Waals surface area contributed by atoms with Crippen LogP contribution in [0.25, 0.3) is 11.1 Å². The van der Waals surface area contributed by atoms with Crippen LogP contribution in [0.15, 0.2) is 78.9 Å². The highest BCUT2D eigenvalue weighted by Gasteiger charge is 2.29. The third kappa shape index (κ3) is 4.72. The maximum absolute atomic E-state index is 12.7. The Kier molecular flexibility index (Phi) is 5.87. The summed E-state index contributed by atoms with van der Waals surface area (Å²) in [6.07, 6.45) is 0.455. The minimum Gasteiger partial charge on any atom is -0.457 e. The molecule has 0 aromatic heterocycles. The molecule has 0 fully saturated rings. The van der Waals surface area contributed by atoms with Crippen LogP contribution < -0.4 is 4.74 Å². The van der Waals surface area contributed by atoms with Crippen molar-refractivity contribution in [2.24, 2.45) is 0 Å². The van der Waals surface area contributed by atoms with Crippen LogP contribution in [0.5, 0.6) is 11.5 Å². The van der Waals surface area contributed by atoms with E-state index in [4.69, 9.17) is 9.47 Å². The number of benzene rings is 3. The molecule has 3 aromatic carbocycles. The van der Waals surface area contributed by atoms with Crippen molar-refractivity contribution in [2.45, 2.75) is 32.5 Å². The van der Waals surface area contributed by atoms with Gasteiger partial charge in [-0.3, -0.25) is 0 Å². The Balaban J connectivity index is 1.82. The summed E-state index contributed by atoms with van der Waals surface area (Å²) in [6, 6.07) is 24.9. The van der Waals surface area contributed by atoms with E-state index in [-0.39, 0.29) is 0 Å². The molecule has 27 heavy (non-hydrogen) atoms. The van der Waals surface area contributed by atoms with Gasteiger partial charge in [-0.1, -0.05) is 61.5 Å². The van der Waals surface area contributed by atoms with Gasteiger partial charge in [0, 0.05) is 0 Å². The molecule has 0 spiro atoms. The van der Waals surface area contributed by atoms with Gasteiger partial charge in [-0.05, 0) is 54.3 Å². The summed E-state index contributed by atoms with van der Waals surface area (Å²) in [5, 5.41) is 0. The molecular weight excluding hydrogens is 346 g/mol. The second-order valence-corrected chi connectivity index (χ2v) is 6.48. The first-order valence-electron chi connectivity index (χ1n) is 8.90. The second kappa shape index (κ2) is 8.31. The molecule has 1 atom stereocenters. The number of ether oxygens (including phenoxy) is 2. The van der Waals surface area contributed by atoms with Gasteiger partial charge in [0.2, 0.25) is 0 Å². The molecule has 4 heteroatoms. The molecule has 0 radical (unpaired) electrons. The molecule has 0 saturated heterocycles. The Bertz CT molecular complexity index is 863. The van der Waals surface area contributed by atoms with Gasteiger partial charge in [-0.25, -0.2) is 0 Å². The van der Waals surface area contributed by atoms with E-state index >= 15 is 0 Å². The average Bonchev–Trinajstić information content (AvgIpc) is 2.68. The monoisotopic (exact) mass is 368 g/mol. The van der Waals surface area contributed by atoms with Crippen molar-refractivity contribution in [3.05, 3.63) is 84.4 Å². The summed E-state index contributed by atoms with van der Waals surface area (Å²) in [7, 11) is 0. The highest BCUT2D eigenvalue weighted by molar-refractivity contribution is 5.65. The van der Waals surface area contributed by atoms with Crippen LogP contribution in [0.3, 0.4) is 0 Å². The lowest BCUT2D eigenvalue weighted by Gasteiger charge is -2.28. The van der Waals surface area contributed by atoms with E-state index in [0.29, 0.717) is 6.42 Å². The molecule has 0 aliphatic heterocycles. The van der Waals surface area contributed by atoms with E-state index in [9.17, 15) is 8.78 Å². The first-order chi connectivity index (χ1) is 13.0. The van der Waals surface area contributed by atoms with Crippen LogP contribution in [0, 0.1) is 0 Å². The van der Waals surface area contributed by atoms with Gasteiger partial charge in [-0.15, -0.1) is 0 Å². The van der Waals surface area contributed by atoms with Gasteiger partial charge in [0.15, 0.2) is 0 Å². The van der Waals surface area contributed by atoms with E-state index in [1.165, 1.54) is 0 Å². The molecule has 1 unspecified atom stereocenters. The summed E-state index contributed by atoms with van der Waals surface area (Å²) in [5.74, 6) is 1.51. The number of alkyl halides is 2. The third-order valence-electron chi connectivity index (χ3n) is 4.67. The summed E-state index contributed by atoms with van der Waals surface area (Å²) in [6.45, 7) is 0.713. The zero-order chi connectivity index (χ0) is 19.3. The van der Waals surface area contributed by atoms with Crippen molar-refractivity contribution >= 4 is 0 Å². The third-order valence-corrected chi connectivity index (χ3v) is 4.67. The Morgan fingerprint density at radius 2 is 1.48 bits per heavy atom. The van der Waals surface area contributed by atoms with Crippen molar-refractivity contribution in [3.63, 3.8) is 0 Å². The Labute approximate surface area is 158 Å². The number of hydrogen-bond donors (Lipinski definition) is 0. The van der Waals surface area contributed by atoms with Gasteiger partial charge in [0.25, 0.3) is 0 Å². The molecule has 2 nitrogen and oxygen atoms in total. The van der Waals surface area contributed by atoms with Crippen LogP contribution in [0.2, 0.25) is 0 Å². The molecule has 0 aliphatic rings. The molecule has 0 heterocycles. The minimum absolute atomic E-state index is 0.455. The van der Waals surface area contributed by atoms with E-state index in [2.05, 4.69) is 0 Å². The Hall–Kier alpha value is -2.72. The Morgan fingerprint density at radius 3 is 2.11 bits per heavy atom. The standard InChI is InChI=1S/C23H22F2O2/c1-3-23(2,27-22(24)25)19-14-12-17(13-15-19)18-8-7-11-21(16-18)26-20-9-5-4-6-10-20/h4-16,22H,3H2,1-2H3. The van der Waals surface area contributed by atoms with Crippen molar-refractivity contribution < 1.29 is 18.3 Å². The number of rotatable bonds is 7. The average molecular weight is 368 g/mol. The molecule has 0 aliphatic carbocycles. The predicted molar refractivity (Wildman–Crippen MR) is 103 cm³/mol. The summed E-state index contributed by atoms with van der Waals surface area (Å²) in [4.78, 5) is 0. The number of halogens is 2. The topological polar surface area (TPSA) is 18.5 Å². The van der Waals surface area contributed by atoms with Crippen LogP contribution in [-0.2, 0) is 10.3 Å². The van der Waals surface area contributed by atoms with Crippen LogP contribution >= 0.6 is 0 Å². The zero-order valence-corrected chi connectivity index (χ0v) is 15.4. The largest absolute Gasteiger partial charge is 0.457 e. The zero-order valence-electron chi connectivity index (χ0n) is 15.4. The van der Waals surface area contributed by atoms with Crippen LogP contribution in [-0.4, -0.2) is 6.61 Å². The maximum Gasteiger partial charge on any atom is 0.346 e. The lowest BCUT2D eigenvalue weighted by atomic mass is 9.91. The molecule has 0 amide bonds. The van der Waals surface area contributed by atoms with Gasteiger partial charge < -0.3 is 9.47 Å². The van der Waals surface area contributed by atoms with Crippen molar-refractivity contribution in [2.75, 3.05) is 0 Å². The smallest absolute Gasteiger partial charge is 0.346 e. The van der Waals surface area contributed by atoms with Crippen molar-refractivity contribution in [1.29, 1.82) is 0 Å². The van der Waals surface area contributed by atoms with Crippen molar-refractivity contribution in [1.82, 2.24) is 0 Å². The number of para-hydroxylation sites is 1. The molecule has 0 N–H and O–H groups in total. The quantitative estimate of drug-likeness (QED) is 0.446. The minimum atomic E-state index is -2.80. The normalized spacial score (nSPS) is 13.4. The van der Waals surface area contributed by atoms with E-state index in [1.807, 2.05) is 85.8 Å². The molecule has 0 saturated carbocycles. The second-order valence-electron chi connectivity index (χ2n) is 6.48. The number of hydrogen-bond acceptors (Lipinski definition) is 2. The first kappa shape index (κ1) is 19.1. The van der Waals surface area contributed by atoms with E-state index < -0.39 is 12.2 Å².